The average Bonchev–Trinajstić information content (AvgIpc) is 2.82. The van der Waals surface area contributed by atoms with Crippen LogP contribution in [0.4, 0.5) is 5.13 Å². The van der Waals surface area contributed by atoms with Gasteiger partial charge in [-0.15, -0.1) is 11.3 Å². The first-order chi connectivity index (χ1) is 9.17. The number of thiazole rings is 1. The highest BCUT2D eigenvalue weighted by Crippen LogP contribution is 2.33. The molecule has 108 valence electrons. The fourth-order valence-corrected chi connectivity index (χ4v) is 4.13. The van der Waals surface area contributed by atoms with E-state index in [-0.39, 0.29) is 0 Å². The quantitative estimate of drug-likeness (QED) is 0.897. The zero-order valence-electron chi connectivity index (χ0n) is 12.5. The van der Waals surface area contributed by atoms with Crippen molar-refractivity contribution in [1.29, 1.82) is 0 Å². The van der Waals surface area contributed by atoms with E-state index in [1.54, 1.807) is 11.3 Å². The van der Waals surface area contributed by atoms with Crippen LogP contribution in [0.5, 0.6) is 0 Å². The van der Waals surface area contributed by atoms with Crippen molar-refractivity contribution in [3.8, 4) is 0 Å². The molecule has 0 amide bonds. The number of aromatic nitrogens is 1. The van der Waals surface area contributed by atoms with Crippen molar-refractivity contribution in [2.75, 3.05) is 11.9 Å². The van der Waals surface area contributed by atoms with Crippen molar-refractivity contribution in [3.63, 3.8) is 0 Å². The summed E-state index contributed by atoms with van der Waals surface area (Å²) >= 11 is 1.79. The van der Waals surface area contributed by atoms with Gasteiger partial charge in [0.25, 0.3) is 0 Å². The minimum absolute atomic E-state index is 0.626. The summed E-state index contributed by atoms with van der Waals surface area (Å²) < 4.78 is 0. The molecule has 1 fully saturated rings. The summed E-state index contributed by atoms with van der Waals surface area (Å²) in [5, 5.41) is 1.17. The zero-order valence-corrected chi connectivity index (χ0v) is 13.3. The van der Waals surface area contributed by atoms with E-state index < -0.39 is 0 Å². The molecule has 0 saturated heterocycles. The van der Waals surface area contributed by atoms with Crippen LogP contribution in [0.2, 0.25) is 0 Å². The Morgan fingerprint density at radius 2 is 2.11 bits per heavy atom. The third-order valence-corrected chi connectivity index (χ3v) is 5.52. The lowest BCUT2D eigenvalue weighted by Crippen LogP contribution is -2.38. The van der Waals surface area contributed by atoms with Gasteiger partial charge in [-0.3, -0.25) is 0 Å². The van der Waals surface area contributed by atoms with E-state index in [1.807, 2.05) is 0 Å². The van der Waals surface area contributed by atoms with Crippen molar-refractivity contribution in [3.05, 3.63) is 10.6 Å². The van der Waals surface area contributed by atoms with Crippen LogP contribution in [0.1, 0.15) is 56.5 Å². The molecule has 0 aliphatic heterocycles. The van der Waals surface area contributed by atoms with Crippen LogP contribution < -0.4 is 10.6 Å². The average molecular weight is 281 g/mol. The Bertz CT molecular complexity index is 402. The summed E-state index contributed by atoms with van der Waals surface area (Å²) in [7, 11) is 2.21. The Kier molecular flexibility index (Phi) is 5.22. The number of nitrogens with two attached hydrogens (primary N) is 1. The van der Waals surface area contributed by atoms with Gasteiger partial charge in [-0.05, 0) is 25.2 Å². The smallest absolute Gasteiger partial charge is 0.185 e. The lowest BCUT2D eigenvalue weighted by molar-refractivity contribution is 0.321. The molecule has 0 radical (unpaired) electrons. The van der Waals surface area contributed by atoms with Gasteiger partial charge in [0, 0.05) is 24.5 Å². The monoisotopic (exact) mass is 281 g/mol. The molecule has 1 saturated carbocycles. The molecular formula is C15H27N3S. The summed E-state index contributed by atoms with van der Waals surface area (Å²) in [6, 6.07) is 0.653. The lowest BCUT2D eigenvalue weighted by atomic mass is 9.85. The second-order valence-corrected chi connectivity index (χ2v) is 6.82. The molecule has 1 aliphatic carbocycles. The van der Waals surface area contributed by atoms with E-state index in [9.17, 15) is 0 Å². The van der Waals surface area contributed by atoms with Gasteiger partial charge in [0.05, 0.1) is 5.69 Å². The predicted octanol–water partition coefficient (Wildman–Crippen LogP) is 3.57. The van der Waals surface area contributed by atoms with Crippen LogP contribution >= 0.6 is 11.3 Å². The molecule has 1 aromatic rings. The molecule has 19 heavy (non-hydrogen) atoms. The Balaban J connectivity index is 2.15. The second-order valence-electron chi connectivity index (χ2n) is 5.76. The first-order valence-electron chi connectivity index (χ1n) is 7.58. The Morgan fingerprint density at radius 1 is 1.37 bits per heavy atom. The van der Waals surface area contributed by atoms with E-state index in [4.69, 9.17) is 10.7 Å². The fourth-order valence-electron chi connectivity index (χ4n) is 3.13. The van der Waals surface area contributed by atoms with Gasteiger partial charge in [-0.25, -0.2) is 4.98 Å². The third-order valence-electron chi connectivity index (χ3n) is 4.30. The lowest BCUT2D eigenvalue weighted by Gasteiger charge is -2.36. The number of anilines is 1. The van der Waals surface area contributed by atoms with E-state index >= 15 is 0 Å². The number of nitrogens with zero attached hydrogens (tertiary/aromatic N) is 2. The number of aryl methyl sites for hydroxylation is 1. The molecule has 1 aromatic heterocycles. The van der Waals surface area contributed by atoms with E-state index in [1.165, 1.54) is 41.4 Å². The highest BCUT2D eigenvalue weighted by Gasteiger charge is 2.27. The standard InChI is InChI=1S/C15H27N3S/c1-4-7-12-14(10-16)19-15(17-12)18(3)13-9-6-5-8-11(13)2/h11,13H,4-10,16H2,1-3H3. The van der Waals surface area contributed by atoms with Crippen molar-refractivity contribution in [2.24, 2.45) is 11.7 Å². The SMILES string of the molecule is CCCc1nc(N(C)C2CCCCC2C)sc1CN. The van der Waals surface area contributed by atoms with E-state index in [0.29, 0.717) is 12.6 Å². The summed E-state index contributed by atoms with van der Waals surface area (Å²) in [6.45, 7) is 5.21. The van der Waals surface area contributed by atoms with Gasteiger partial charge < -0.3 is 10.6 Å². The highest BCUT2D eigenvalue weighted by molar-refractivity contribution is 7.15. The third kappa shape index (κ3) is 3.29. The molecular weight excluding hydrogens is 254 g/mol. The molecule has 0 spiro atoms. The van der Waals surface area contributed by atoms with Crippen LogP contribution in [-0.4, -0.2) is 18.1 Å². The van der Waals surface area contributed by atoms with Crippen LogP contribution in [0.25, 0.3) is 0 Å². The zero-order chi connectivity index (χ0) is 13.8. The van der Waals surface area contributed by atoms with Crippen molar-refractivity contribution < 1.29 is 0 Å². The van der Waals surface area contributed by atoms with Crippen LogP contribution in [0.15, 0.2) is 0 Å². The predicted molar refractivity (Wildman–Crippen MR) is 83.8 cm³/mol. The maximum Gasteiger partial charge on any atom is 0.185 e. The minimum Gasteiger partial charge on any atom is -0.348 e. The minimum atomic E-state index is 0.626. The van der Waals surface area contributed by atoms with Gasteiger partial charge in [0.2, 0.25) is 0 Å². The van der Waals surface area contributed by atoms with Crippen molar-refractivity contribution in [2.45, 2.75) is 65.0 Å². The molecule has 2 rings (SSSR count). The maximum atomic E-state index is 5.85. The molecule has 1 aliphatic rings. The molecule has 0 bridgehead atoms. The van der Waals surface area contributed by atoms with Crippen molar-refractivity contribution in [1.82, 2.24) is 4.98 Å². The number of rotatable bonds is 5. The summed E-state index contributed by atoms with van der Waals surface area (Å²) in [6.07, 6.45) is 7.59. The number of hydrogen-bond acceptors (Lipinski definition) is 4. The van der Waals surface area contributed by atoms with Crippen LogP contribution in [0, 0.1) is 5.92 Å². The van der Waals surface area contributed by atoms with Crippen LogP contribution in [0.3, 0.4) is 0 Å². The van der Waals surface area contributed by atoms with Gasteiger partial charge >= 0.3 is 0 Å². The van der Waals surface area contributed by atoms with Gasteiger partial charge in [-0.1, -0.05) is 33.1 Å². The molecule has 1 heterocycles. The largest absolute Gasteiger partial charge is 0.348 e. The van der Waals surface area contributed by atoms with Crippen LogP contribution in [-0.2, 0) is 13.0 Å². The molecule has 2 N–H and O–H groups in total. The molecule has 4 heteroatoms. The van der Waals surface area contributed by atoms with E-state index in [2.05, 4.69) is 25.8 Å². The Morgan fingerprint density at radius 3 is 2.74 bits per heavy atom. The topological polar surface area (TPSA) is 42.2 Å². The Hall–Kier alpha value is -0.610. The summed E-state index contributed by atoms with van der Waals surface area (Å²) in [4.78, 5) is 8.52. The molecule has 0 aromatic carbocycles. The first-order valence-corrected chi connectivity index (χ1v) is 8.40. The molecule has 3 nitrogen and oxygen atoms in total. The molecule has 2 unspecified atom stereocenters. The summed E-state index contributed by atoms with van der Waals surface area (Å²) in [5.74, 6) is 0.776. The van der Waals surface area contributed by atoms with Gasteiger partial charge in [0.15, 0.2) is 5.13 Å². The molecule has 2 atom stereocenters. The van der Waals surface area contributed by atoms with Crippen molar-refractivity contribution >= 4 is 16.5 Å². The summed E-state index contributed by atoms with van der Waals surface area (Å²) in [5.41, 5.74) is 7.07. The maximum absolute atomic E-state index is 5.85. The van der Waals surface area contributed by atoms with Gasteiger partial charge in [0.1, 0.15) is 0 Å². The first kappa shape index (κ1) is 14.8. The van der Waals surface area contributed by atoms with E-state index in [0.717, 1.165) is 18.8 Å². The normalized spacial score (nSPS) is 23.6. The Labute approximate surface area is 121 Å². The second kappa shape index (κ2) is 6.71. The number of hydrogen-bond donors (Lipinski definition) is 1. The van der Waals surface area contributed by atoms with Gasteiger partial charge in [-0.2, -0.15) is 0 Å². The highest BCUT2D eigenvalue weighted by atomic mass is 32.1. The fraction of sp³-hybridized carbons (Fsp3) is 0.800.